The molecule has 0 fully saturated rings. The van der Waals surface area contributed by atoms with E-state index in [0.717, 1.165) is 21.5 Å². The van der Waals surface area contributed by atoms with E-state index < -0.39 is 5.97 Å². The summed E-state index contributed by atoms with van der Waals surface area (Å²) >= 11 is 0. The number of hydrogen-bond donors (Lipinski definition) is 1. The number of amides is 1. The summed E-state index contributed by atoms with van der Waals surface area (Å²) in [5.74, 6) is -0.882. The van der Waals surface area contributed by atoms with Gasteiger partial charge in [-0.15, -0.1) is 0 Å². The SMILES string of the molecule is CC(C)(C)c1ccc(NC(=O)COC(=O)c2c3ccccc3cc3ccccc23)cc1. The normalized spacial score (nSPS) is 11.5. The molecule has 0 aliphatic carbocycles. The number of rotatable bonds is 4. The predicted molar refractivity (Wildman–Crippen MR) is 126 cm³/mol. The molecule has 4 aromatic carbocycles. The van der Waals surface area contributed by atoms with E-state index in [1.807, 2.05) is 72.8 Å². The fourth-order valence-corrected chi connectivity index (χ4v) is 3.69. The molecule has 0 bridgehead atoms. The Morgan fingerprint density at radius 2 is 1.35 bits per heavy atom. The molecule has 0 aliphatic heterocycles. The van der Waals surface area contributed by atoms with Crippen molar-refractivity contribution in [1.82, 2.24) is 0 Å². The van der Waals surface area contributed by atoms with Crippen LogP contribution < -0.4 is 5.32 Å². The van der Waals surface area contributed by atoms with E-state index in [2.05, 4.69) is 32.2 Å². The van der Waals surface area contributed by atoms with Gasteiger partial charge in [0.1, 0.15) is 0 Å². The van der Waals surface area contributed by atoms with Gasteiger partial charge in [0.05, 0.1) is 5.56 Å². The smallest absolute Gasteiger partial charge is 0.339 e. The molecule has 4 nitrogen and oxygen atoms in total. The van der Waals surface area contributed by atoms with Crippen LogP contribution in [-0.2, 0) is 14.9 Å². The molecule has 0 saturated carbocycles. The topological polar surface area (TPSA) is 55.4 Å². The Labute approximate surface area is 181 Å². The summed E-state index contributed by atoms with van der Waals surface area (Å²) in [6.07, 6.45) is 0. The number of benzene rings is 4. The Morgan fingerprint density at radius 3 is 1.90 bits per heavy atom. The van der Waals surface area contributed by atoms with E-state index in [0.29, 0.717) is 11.3 Å². The predicted octanol–water partition coefficient (Wildman–Crippen LogP) is 6.09. The van der Waals surface area contributed by atoms with E-state index in [4.69, 9.17) is 4.74 Å². The summed E-state index contributed by atoms with van der Waals surface area (Å²) in [5, 5.41) is 6.32. The van der Waals surface area contributed by atoms with Gasteiger partial charge in [-0.3, -0.25) is 4.79 Å². The Bertz CT molecular complexity index is 1210. The average Bonchev–Trinajstić information content (AvgIpc) is 2.75. The molecular weight excluding hydrogens is 386 g/mol. The molecule has 0 radical (unpaired) electrons. The molecule has 4 aromatic rings. The highest BCUT2D eigenvalue weighted by Gasteiger charge is 2.18. The number of anilines is 1. The van der Waals surface area contributed by atoms with Crippen molar-refractivity contribution in [3.8, 4) is 0 Å². The van der Waals surface area contributed by atoms with Crippen LogP contribution in [0.4, 0.5) is 5.69 Å². The molecule has 1 N–H and O–H groups in total. The van der Waals surface area contributed by atoms with Crippen molar-refractivity contribution < 1.29 is 14.3 Å². The van der Waals surface area contributed by atoms with Gasteiger partial charge in [0.15, 0.2) is 6.61 Å². The molecule has 4 heteroatoms. The van der Waals surface area contributed by atoms with E-state index in [1.165, 1.54) is 5.56 Å². The van der Waals surface area contributed by atoms with Gasteiger partial charge in [-0.25, -0.2) is 4.79 Å². The van der Waals surface area contributed by atoms with Gasteiger partial charge in [0.2, 0.25) is 0 Å². The maximum Gasteiger partial charge on any atom is 0.339 e. The van der Waals surface area contributed by atoms with E-state index in [1.54, 1.807) is 0 Å². The van der Waals surface area contributed by atoms with Crippen molar-refractivity contribution in [1.29, 1.82) is 0 Å². The van der Waals surface area contributed by atoms with Crippen molar-refractivity contribution in [2.45, 2.75) is 26.2 Å². The van der Waals surface area contributed by atoms with Gasteiger partial charge in [0.25, 0.3) is 5.91 Å². The van der Waals surface area contributed by atoms with Gasteiger partial charge in [-0.2, -0.15) is 0 Å². The molecule has 1 amide bonds. The third-order valence-corrected chi connectivity index (χ3v) is 5.34. The molecule has 0 unspecified atom stereocenters. The maximum absolute atomic E-state index is 13.0. The molecule has 0 heterocycles. The number of carbonyl (C=O) groups excluding carboxylic acids is 2. The molecule has 0 spiro atoms. The zero-order valence-electron chi connectivity index (χ0n) is 17.9. The van der Waals surface area contributed by atoms with Crippen molar-refractivity contribution in [2.24, 2.45) is 0 Å². The Morgan fingerprint density at radius 1 is 0.806 bits per heavy atom. The summed E-state index contributed by atoms with van der Waals surface area (Å²) < 4.78 is 5.41. The summed E-state index contributed by atoms with van der Waals surface area (Å²) in [4.78, 5) is 25.4. The van der Waals surface area contributed by atoms with Crippen LogP contribution in [0.25, 0.3) is 21.5 Å². The van der Waals surface area contributed by atoms with Gasteiger partial charge in [0, 0.05) is 5.69 Å². The highest BCUT2D eigenvalue weighted by atomic mass is 16.5. The van der Waals surface area contributed by atoms with Crippen molar-refractivity contribution in [2.75, 3.05) is 11.9 Å². The van der Waals surface area contributed by atoms with Crippen molar-refractivity contribution in [3.05, 3.63) is 90.0 Å². The number of esters is 1. The lowest BCUT2D eigenvalue weighted by molar-refractivity contribution is -0.119. The largest absolute Gasteiger partial charge is 0.452 e. The average molecular weight is 412 g/mol. The second-order valence-electron chi connectivity index (χ2n) is 8.65. The highest BCUT2D eigenvalue weighted by Crippen LogP contribution is 2.29. The van der Waals surface area contributed by atoms with Crippen LogP contribution in [0.1, 0.15) is 36.7 Å². The lowest BCUT2D eigenvalue weighted by atomic mass is 9.87. The minimum Gasteiger partial charge on any atom is -0.452 e. The zero-order chi connectivity index (χ0) is 22.0. The summed E-state index contributed by atoms with van der Waals surface area (Å²) in [6, 6.07) is 25.1. The van der Waals surface area contributed by atoms with Gasteiger partial charge in [-0.05, 0) is 50.7 Å². The minimum absolute atomic E-state index is 0.0410. The molecule has 0 aliphatic rings. The van der Waals surface area contributed by atoms with Crippen LogP contribution in [0.15, 0.2) is 78.9 Å². The third kappa shape index (κ3) is 4.43. The van der Waals surface area contributed by atoms with Crippen LogP contribution in [0.3, 0.4) is 0 Å². The minimum atomic E-state index is -0.508. The van der Waals surface area contributed by atoms with E-state index >= 15 is 0 Å². The molecular formula is C27H25NO3. The number of fused-ring (bicyclic) bond motifs is 2. The first kappa shape index (κ1) is 20.6. The fourth-order valence-electron chi connectivity index (χ4n) is 3.69. The van der Waals surface area contributed by atoms with Crippen LogP contribution in [0.2, 0.25) is 0 Å². The number of carbonyl (C=O) groups is 2. The number of hydrogen-bond acceptors (Lipinski definition) is 3. The standard InChI is InChI=1S/C27H25NO3/c1-27(2,3)20-12-14-21(15-13-20)28-24(29)17-31-26(30)25-22-10-6-4-8-18(22)16-19-9-5-7-11-23(19)25/h4-16H,17H2,1-3H3,(H,28,29). The second kappa shape index (κ2) is 8.23. The molecule has 0 aromatic heterocycles. The van der Waals surface area contributed by atoms with Crippen molar-refractivity contribution >= 4 is 39.1 Å². The second-order valence-corrected chi connectivity index (χ2v) is 8.65. The third-order valence-electron chi connectivity index (χ3n) is 5.34. The summed E-state index contributed by atoms with van der Waals surface area (Å²) in [6.45, 7) is 6.06. The zero-order valence-corrected chi connectivity index (χ0v) is 17.9. The monoisotopic (exact) mass is 411 g/mol. The quantitative estimate of drug-likeness (QED) is 0.327. The molecule has 0 atom stereocenters. The van der Waals surface area contributed by atoms with Crippen molar-refractivity contribution in [3.63, 3.8) is 0 Å². The fraction of sp³-hybridized carbons (Fsp3) is 0.185. The van der Waals surface area contributed by atoms with E-state index in [9.17, 15) is 9.59 Å². The van der Waals surface area contributed by atoms with Gasteiger partial charge in [-0.1, -0.05) is 81.4 Å². The van der Waals surface area contributed by atoms with E-state index in [-0.39, 0.29) is 17.9 Å². The van der Waals surface area contributed by atoms with Gasteiger partial charge >= 0.3 is 5.97 Å². The number of nitrogens with one attached hydrogen (secondary N) is 1. The van der Waals surface area contributed by atoms with Crippen LogP contribution in [-0.4, -0.2) is 18.5 Å². The van der Waals surface area contributed by atoms with Crippen LogP contribution >= 0.6 is 0 Å². The van der Waals surface area contributed by atoms with Crippen LogP contribution in [0.5, 0.6) is 0 Å². The molecule has 31 heavy (non-hydrogen) atoms. The number of ether oxygens (including phenoxy) is 1. The lowest BCUT2D eigenvalue weighted by Crippen LogP contribution is -2.21. The highest BCUT2D eigenvalue weighted by molar-refractivity contribution is 6.16. The maximum atomic E-state index is 13.0. The molecule has 156 valence electrons. The first-order chi connectivity index (χ1) is 14.8. The van der Waals surface area contributed by atoms with Gasteiger partial charge < -0.3 is 10.1 Å². The summed E-state index contributed by atoms with van der Waals surface area (Å²) in [5.41, 5.74) is 2.37. The molecule has 0 saturated heterocycles. The lowest BCUT2D eigenvalue weighted by Gasteiger charge is -2.19. The Kier molecular flexibility index (Phi) is 5.47. The summed E-state index contributed by atoms with van der Waals surface area (Å²) in [7, 11) is 0. The van der Waals surface area contributed by atoms with Crippen LogP contribution in [0, 0.1) is 0 Å². The Hall–Kier alpha value is -3.66. The molecule has 4 rings (SSSR count). The Balaban J connectivity index is 1.51. The first-order valence-electron chi connectivity index (χ1n) is 10.3. The first-order valence-corrected chi connectivity index (χ1v) is 10.3.